The summed E-state index contributed by atoms with van der Waals surface area (Å²) in [6.45, 7) is 0.136. The summed E-state index contributed by atoms with van der Waals surface area (Å²) in [6.07, 6.45) is 2.97. The van der Waals surface area contributed by atoms with Crippen molar-refractivity contribution in [1.82, 2.24) is 14.8 Å². The number of benzene rings is 2. The molecular formula is C19H16FN5O2. The lowest BCUT2D eigenvalue weighted by Crippen LogP contribution is -2.29. The molecule has 0 radical (unpaired) electrons. The van der Waals surface area contributed by atoms with Crippen LogP contribution in [0.15, 0.2) is 61.2 Å². The van der Waals surface area contributed by atoms with Crippen molar-refractivity contribution in [3.05, 3.63) is 67.0 Å². The van der Waals surface area contributed by atoms with Crippen molar-refractivity contribution in [2.45, 2.75) is 6.42 Å². The van der Waals surface area contributed by atoms with Crippen molar-refractivity contribution < 1.29 is 14.0 Å². The van der Waals surface area contributed by atoms with Crippen LogP contribution in [0.2, 0.25) is 0 Å². The predicted molar refractivity (Wildman–Crippen MR) is 96.8 cm³/mol. The van der Waals surface area contributed by atoms with Gasteiger partial charge < -0.3 is 10.2 Å². The average Bonchev–Trinajstić information content (AvgIpc) is 3.33. The number of aromatic nitrogens is 3. The van der Waals surface area contributed by atoms with Crippen LogP contribution in [0.5, 0.6) is 0 Å². The highest BCUT2D eigenvalue weighted by Gasteiger charge is 2.36. The van der Waals surface area contributed by atoms with E-state index in [2.05, 4.69) is 15.4 Å². The highest BCUT2D eigenvalue weighted by atomic mass is 19.1. The van der Waals surface area contributed by atoms with Gasteiger partial charge in [0.25, 0.3) is 0 Å². The minimum atomic E-state index is -0.569. The third-order valence-corrected chi connectivity index (χ3v) is 4.47. The maximum atomic E-state index is 14.0. The molecule has 1 fully saturated rings. The molecule has 1 aliphatic rings. The summed E-state index contributed by atoms with van der Waals surface area (Å²) in [7, 11) is 0. The Labute approximate surface area is 154 Å². The molecular weight excluding hydrogens is 349 g/mol. The second-order valence-corrected chi connectivity index (χ2v) is 6.20. The number of carbonyl (C=O) groups excluding carboxylic acids is 2. The Morgan fingerprint density at radius 2 is 1.85 bits per heavy atom. The number of nitrogens with one attached hydrogen (secondary N) is 1. The number of hydrogen-bond acceptors (Lipinski definition) is 4. The van der Waals surface area contributed by atoms with Gasteiger partial charge in [-0.3, -0.25) is 9.59 Å². The third-order valence-electron chi connectivity index (χ3n) is 4.47. The van der Waals surface area contributed by atoms with Gasteiger partial charge in [0.1, 0.15) is 18.5 Å². The molecule has 7 nitrogen and oxygen atoms in total. The standard InChI is InChI=1S/C19H16FN5O2/c20-14-5-1-3-7-16(14)24-10-13(9-18(24)26)19(27)23-15-6-2-4-8-17(15)25-12-21-11-22-25/h1-8,11-13H,9-10H2,(H,23,27). The molecule has 1 aliphatic heterocycles. The fraction of sp³-hybridized carbons (Fsp3) is 0.158. The van der Waals surface area contributed by atoms with E-state index in [1.165, 1.54) is 29.7 Å². The first-order chi connectivity index (χ1) is 13.1. The molecule has 1 aromatic heterocycles. The molecule has 2 amide bonds. The number of nitrogens with zero attached hydrogens (tertiary/aromatic N) is 4. The lowest BCUT2D eigenvalue weighted by molar-refractivity contribution is -0.122. The van der Waals surface area contributed by atoms with Gasteiger partial charge in [0, 0.05) is 13.0 Å². The normalized spacial score (nSPS) is 16.6. The van der Waals surface area contributed by atoms with Gasteiger partial charge in [-0.2, -0.15) is 5.10 Å². The number of para-hydroxylation sites is 3. The summed E-state index contributed by atoms with van der Waals surface area (Å²) in [4.78, 5) is 30.3. The van der Waals surface area contributed by atoms with E-state index in [4.69, 9.17) is 0 Å². The van der Waals surface area contributed by atoms with E-state index < -0.39 is 11.7 Å². The van der Waals surface area contributed by atoms with E-state index in [9.17, 15) is 14.0 Å². The van der Waals surface area contributed by atoms with Crippen LogP contribution in [0.3, 0.4) is 0 Å². The molecule has 1 saturated heterocycles. The fourth-order valence-corrected chi connectivity index (χ4v) is 3.13. The minimum Gasteiger partial charge on any atom is -0.324 e. The maximum Gasteiger partial charge on any atom is 0.229 e. The molecule has 27 heavy (non-hydrogen) atoms. The Morgan fingerprint density at radius 1 is 1.11 bits per heavy atom. The zero-order valence-corrected chi connectivity index (χ0v) is 14.2. The van der Waals surface area contributed by atoms with Gasteiger partial charge in [0.2, 0.25) is 11.8 Å². The van der Waals surface area contributed by atoms with Gasteiger partial charge in [-0.1, -0.05) is 24.3 Å². The largest absolute Gasteiger partial charge is 0.324 e. The molecule has 3 aromatic rings. The summed E-state index contributed by atoms with van der Waals surface area (Å²) < 4.78 is 15.5. The molecule has 4 rings (SSSR count). The van der Waals surface area contributed by atoms with Gasteiger partial charge >= 0.3 is 0 Å². The summed E-state index contributed by atoms with van der Waals surface area (Å²) >= 11 is 0. The fourth-order valence-electron chi connectivity index (χ4n) is 3.13. The zero-order chi connectivity index (χ0) is 18.8. The Bertz CT molecular complexity index is 989. The predicted octanol–water partition coefficient (Wildman–Crippen LogP) is 2.40. The van der Waals surface area contributed by atoms with E-state index in [1.54, 1.807) is 35.0 Å². The van der Waals surface area contributed by atoms with Crippen molar-refractivity contribution in [1.29, 1.82) is 0 Å². The van der Waals surface area contributed by atoms with Crippen molar-refractivity contribution >= 4 is 23.2 Å². The molecule has 136 valence electrons. The molecule has 1 unspecified atom stereocenters. The molecule has 2 heterocycles. The Balaban J connectivity index is 1.52. The van der Waals surface area contributed by atoms with Crippen molar-refractivity contribution in [2.75, 3.05) is 16.8 Å². The van der Waals surface area contributed by atoms with Gasteiger partial charge in [0.15, 0.2) is 0 Å². The average molecular weight is 365 g/mol. The summed E-state index contributed by atoms with van der Waals surface area (Å²) in [5.74, 6) is -1.62. The van der Waals surface area contributed by atoms with Gasteiger partial charge in [-0.25, -0.2) is 14.1 Å². The Hall–Kier alpha value is -3.55. The number of halogens is 1. The van der Waals surface area contributed by atoms with Crippen LogP contribution < -0.4 is 10.2 Å². The van der Waals surface area contributed by atoms with Crippen LogP contribution in [0.1, 0.15) is 6.42 Å². The Kier molecular flexibility index (Phi) is 4.37. The summed E-state index contributed by atoms with van der Waals surface area (Å²) in [5, 5.41) is 6.92. The van der Waals surface area contributed by atoms with E-state index in [0.29, 0.717) is 11.4 Å². The molecule has 1 N–H and O–H groups in total. The molecule has 2 aromatic carbocycles. The van der Waals surface area contributed by atoms with Crippen molar-refractivity contribution in [2.24, 2.45) is 5.92 Å². The third kappa shape index (κ3) is 3.29. The second-order valence-electron chi connectivity index (χ2n) is 6.20. The monoisotopic (exact) mass is 365 g/mol. The molecule has 1 atom stereocenters. The Morgan fingerprint density at radius 3 is 2.59 bits per heavy atom. The van der Waals surface area contributed by atoms with Crippen molar-refractivity contribution in [3.63, 3.8) is 0 Å². The number of anilines is 2. The van der Waals surface area contributed by atoms with Crippen molar-refractivity contribution in [3.8, 4) is 5.69 Å². The molecule has 0 aliphatic carbocycles. The molecule has 8 heteroatoms. The lowest BCUT2D eigenvalue weighted by atomic mass is 10.1. The first-order valence-electron chi connectivity index (χ1n) is 8.43. The number of carbonyl (C=O) groups is 2. The zero-order valence-electron chi connectivity index (χ0n) is 14.2. The van der Waals surface area contributed by atoms with E-state index in [-0.39, 0.29) is 30.5 Å². The molecule has 0 saturated carbocycles. The number of amides is 2. The van der Waals surface area contributed by atoms with Crippen LogP contribution in [-0.2, 0) is 9.59 Å². The van der Waals surface area contributed by atoms with Gasteiger partial charge in [0.05, 0.1) is 23.0 Å². The maximum absolute atomic E-state index is 14.0. The van der Waals surface area contributed by atoms with Gasteiger partial charge in [-0.15, -0.1) is 0 Å². The second kappa shape index (κ2) is 6.99. The van der Waals surface area contributed by atoms with Gasteiger partial charge in [-0.05, 0) is 24.3 Å². The van der Waals surface area contributed by atoms with Crippen LogP contribution in [0.25, 0.3) is 5.69 Å². The number of hydrogen-bond donors (Lipinski definition) is 1. The summed E-state index contributed by atoms with van der Waals surface area (Å²) in [6, 6.07) is 13.2. The van der Waals surface area contributed by atoms with E-state index in [1.807, 2.05) is 6.07 Å². The highest BCUT2D eigenvalue weighted by molar-refractivity contribution is 6.04. The van der Waals surface area contributed by atoms with Crippen LogP contribution in [0, 0.1) is 11.7 Å². The van der Waals surface area contributed by atoms with Crippen LogP contribution >= 0.6 is 0 Å². The first kappa shape index (κ1) is 16.9. The molecule has 0 bridgehead atoms. The van der Waals surface area contributed by atoms with E-state index in [0.717, 1.165) is 0 Å². The smallest absolute Gasteiger partial charge is 0.229 e. The lowest BCUT2D eigenvalue weighted by Gasteiger charge is -2.17. The molecule has 0 spiro atoms. The van der Waals surface area contributed by atoms with E-state index >= 15 is 0 Å². The van der Waals surface area contributed by atoms with Crippen LogP contribution in [0.4, 0.5) is 15.8 Å². The summed E-state index contributed by atoms with van der Waals surface area (Å²) in [5.41, 5.74) is 1.42. The minimum absolute atomic E-state index is 0.0334. The SMILES string of the molecule is O=C(Nc1ccccc1-n1cncn1)C1CC(=O)N(c2ccccc2F)C1. The number of rotatable bonds is 4. The first-order valence-corrected chi connectivity index (χ1v) is 8.43. The topological polar surface area (TPSA) is 80.1 Å². The van der Waals surface area contributed by atoms with Crippen LogP contribution in [-0.4, -0.2) is 33.1 Å². The highest BCUT2D eigenvalue weighted by Crippen LogP contribution is 2.28. The quantitative estimate of drug-likeness (QED) is 0.770.